The van der Waals surface area contributed by atoms with Gasteiger partial charge in [0.05, 0.1) is 23.4 Å². The van der Waals surface area contributed by atoms with Crippen molar-refractivity contribution in [1.29, 1.82) is 0 Å². The fraction of sp³-hybridized carbons (Fsp3) is 0.297. The van der Waals surface area contributed by atoms with Crippen molar-refractivity contribution in [3.05, 3.63) is 113 Å². The number of carbonyl (C=O) groups is 3. The number of aromatic nitrogens is 1. The normalized spacial score (nSPS) is 13.2. The van der Waals surface area contributed by atoms with Crippen LogP contribution in [-0.4, -0.2) is 58.7 Å². The Hall–Kier alpha value is -4.84. The fourth-order valence-electron chi connectivity index (χ4n) is 5.67. The van der Waals surface area contributed by atoms with E-state index in [-0.39, 0.29) is 18.9 Å². The van der Waals surface area contributed by atoms with Crippen molar-refractivity contribution in [2.45, 2.75) is 44.2 Å². The first-order valence-corrected chi connectivity index (χ1v) is 17.1. The summed E-state index contributed by atoms with van der Waals surface area (Å²) in [7, 11) is 1.53. The number of anilines is 2. The van der Waals surface area contributed by atoms with Crippen molar-refractivity contribution in [3.8, 4) is 11.3 Å². The third-order valence-corrected chi connectivity index (χ3v) is 9.22. The molecule has 2 amide bonds. The zero-order chi connectivity index (χ0) is 35.0. The Bertz CT molecular complexity index is 1810. The summed E-state index contributed by atoms with van der Waals surface area (Å²) in [5.74, 6) is -0.547. The molecule has 0 atom stereocenters. The molecule has 0 radical (unpaired) electrons. The molecule has 0 spiro atoms. The van der Waals surface area contributed by atoms with Crippen LogP contribution in [-0.2, 0) is 23.3 Å². The molecule has 0 saturated carbocycles. The Labute approximate surface area is 287 Å². The third-order valence-electron chi connectivity index (χ3n) is 8.19. The van der Waals surface area contributed by atoms with Crippen LogP contribution in [0.3, 0.4) is 0 Å². The Morgan fingerprint density at radius 3 is 2.43 bits per heavy atom. The van der Waals surface area contributed by atoms with Gasteiger partial charge in [-0.15, -0.1) is 0 Å². The maximum atomic E-state index is 13.5. The van der Waals surface area contributed by atoms with Crippen LogP contribution < -0.4 is 10.2 Å². The molecule has 5 rings (SSSR count). The van der Waals surface area contributed by atoms with Gasteiger partial charge in [0.2, 0.25) is 0 Å². The lowest BCUT2D eigenvalue weighted by Crippen LogP contribution is -2.29. The van der Waals surface area contributed by atoms with Gasteiger partial charge in [0.15, 0.2) is 0 Å². The van der Waals surface area contributed by atoms with Crippen LogP contribution >= 0.6 is 11.8 Å². The van der Waals surface area contributed by atoms with E-state index in [0.717, 1.165) is 55.7 Å². The van der Waals surface area contributed by atoms with Gasteiger partial charge >= 0.3 is 12.1 Å². The average Bonchev–Trinajstić information content (AvgIpc) is 3.10. The monoisotopic (exact) mass is 690 g/mol. The van der Waals surface area contributed by atoms with E-state index in [9.17, 15) is 27.6 Å². The highest BCUT2D eigenvalue weighted by atomic mass is 32.2. The number of thioether (sulfide) groups is 1. The largest absolute Gasteiger partial charge is 0.481 e. The second kappa shape index (κ2) is 16.0. The lowest BCUT2D eigenvalue weighted by atomic mass is 10.0. The van der Waals surface area contributed by atoms with E-state index in [2.05, 4.69) is 15.2 Å². The summed E-state index contributed by atoms with van der Waals surface area (Å²) in [5, 5.41) is 11.9. The number of alkyl halides is 3. The van der Waals surface area contributed by atoms with E-state index in [1.807, 2.05) is 24.3 Å². The molecule has 1 aliphatic heterocycles. The number of rotatable bonds is 12. The molecule has 0 aliphatic carbocycles. The highest BCUT2D eigenvalue weighted by Gasteiger charge is 2.30. The topological polar surface area (TPSA) is 103 Å². The van der Waals surface area contributed by atoms with Gasteiger partial charge < -0.3 is 20.2 Å². The number of aliphatic carboxylic acids is 1. The van der Waals surface area contributed by atoms with Crippen LogP contribution in [0.2, 0.25) is 0 Å². The number of hydrogen-bond acceptors (Lipinski definition) is 6. The number of pyridine rings is 1. The maximum absolute atomic E-state index is 13.5. The molecular weight excluding hydrogens is 653 g/mol. The Kier molecular flexibility index (Phi) is 11.6. The number of nitrogens with zero attached hydrogens (tertiary/aromatic N) is 3. The molecule has 1 saturated heterocycles. The first kappa shape index (κ1) is 35.5. The molecule has 8 nitrogen and oxygen atoms in total. The average molecular weight is 691 g/mol. The second-order valence-corrected chi connectivity index (χ2v) is 13.0. The van der Waals surface area contributed by atoms with Gasteiger partial charge in [0.1, 0.15) is 0 Å². The van der Waals surface area contributed by atoms with Gasteiger partial charge in [0.25, 0.3) is 11.8 Å². The number of nitrogens with one attached hydrogen (secondary N) is 1. The number of piperidine rings is 1. The smallest absolute Gasteiger partial charge is 0.416 e. The van der Waals surface area contributed by atoms with E-state index in [1.165, 1.54) is 36.0 Å². The van der Waals surface area contributed by atoms with Gasteiger partial charge in [-0.1, -0.05) is 24.3 Å². The number of carboxylic acids is 1. The second-order valence-electron chi connectivity index (χ2n) is 11.9. The summed E-state index contributed by atoms with van der Waals surface area (Å²) in [6.07, 6.45) is 0.381. The van der Waals surface area contributed by atoms with Gasteiger partial charge in [-0.25, -0.2) is 0 Å². The number of benzene rings is 3. The van der Waals surface area contributed by atoms with E-state index < -0.39 is 23.6 Å². The van der Waals surface area contributed by atoms with E-state index in [1.54, 1.807) is 36.4 Å². The van der Waals surface area contributed by atoms with E-state index in [0.29, 0.717) is 45.1 Å². The molecular formula is C37H37F3N4O4S. The molecule has 2 N–H and O–H groups in total. The first-order chi connectivity index (χ1) is 23.5. The van der Waals surface area contributed by atoms with Crippen molar-refractivity contribution in [2.75, 3.05) is 36.1 Å². The van der Waals surface area contributed by atoms with Gasteiger partial charge in [-0.3, -0.25) is 19.4 Å². The van der Waals surface area contributed by atoms with Crippen molar-refractivity contribution in [3.63, 3.8) is 0 Å². The summed E-state index contributed by atoms with van der Waals surface area (Å²) in [6, 6.07) is 21.0. The van der Waals surface area contributed by atoms with Crippen molar-refractivity contribution < 1.29 is 32.7 Å². The fourth-order valence-corrected chi connectivity index (χ4v) is 6.55. The van der Waals surface area contributed by atoms with Crippen molar-refractivity contribution in [1.82, 2.24) is 9.88 Å². The Morgan fingerprint density at radius 1 is 0.918 bits per heavy atom. The maximum Gasteiger partial charge on any atom is 0.416 e. The molecule has 1 aromatic heterocycles. The number of halogens is 3. The summed E-state index contributed by atoms with van der Waals surface area (Å²) >= 11 is 1.48. The molecule has 12 heteroatoms. The summed E-state index contributed by atoms with van der Waals surface area (Å²) in [6.45, 7) is 1.77. The quantitative estimate of drug-likeness (QED) is 0.145. The molecule has 0 bridgehead atoms. The van der Waals surface area contributed by atoms with Gasteiger partial charge in [0, 0.05) is 66.8 Å². The number of carboxylic acid groups (broad SMARTS) is 1. The molecule has 49 heavy (non-hydrogen) atoms. The summed E-state index contributed by atoms with van der Waals surface area (Å²) in [5.41, 5.74) is 3.75. The van der Waals surface area contributed by atoms with Gasteiger partial charge in [-0.2, -0.15) is 24.9 Å². The van der Waals surface area contributed by atoms with Crippen LogP contribution in [0, 0.1) is 0 Å². The summed E-state index contributed by atoms with van der Waals surface area (Å²) < 4.78 is 39.8. The molecule has 0 unspecified atom stereocenters. The molecule has 3 aromatic carbocycles. The van der Waals surface area contributed by atoms with Crippen molar-refractivity contribution in [2.24, 2.45) is 0 Å². The zero-order valence-electron chi connectivity index (χ0n) is 27.0. The highest BCUT2D eigenvalue weighted by molar-refractivity contribution is 7.98. The molecule has 4 aromatic rings. The van der Waals surface area contributed by atoms with E-state index >= 15 is 0 Å². The standard InChI is InChI=1S/C37H37F3N4O4S/c1-43(23-25-7-6-10-29(20-25)37(38,39)40)36(48)28-13-15-41-33(21-28)31-22-30(44-16-3-2-4-17-44)11-12-32(31)42-35(47)27-9-5-8-26(19-27)24-49-18-14-34(45)46/h5-13,15,19-22H,2-4,14,16-18,23-24H2,1H3,(H,42,47)(H,45,46). The van der Waals surface area contributed by atoms with Crippen LogP contribution in [0.25, 0.3) is 11.3 Å². The van der Waals surface area contributed by atoms with Crippen LogP contribution in [0.1, 0.15) is 63.1 Å². The SMILES string of the molecule is CN(Cc1cccc(C(F)(F)F)c1)C(=O)c1ccnc(-c2cc(N3CCCCC3)ccc2NC(=O)c2cccc(CSCCC(=O)O)c2)c1. The number of hydrogen-bond donors (Lipinski definition) is 2. The highest BCUT2D eigenvalue weighted by Crippen LogP contribution is 2.34. The molecule has 256 valence electrons. The third kappa shape index (κ3) is 9.62. The van der Waals surface area contributed by atoms with Crippen LogP contribution in [0.5, 0.6) is 0 Å². The summed E-state index contributed by atoms with van der Waals surface area (Å²) in [4.78, 5) is 46.1. The minimum Gasteiger partial charge on any atom is -0.481 e. The van der Waals surface area contributed by atoms with Crippen LogP contribution in [0.4, 0.5) is 24.5 Å². The predicted octanol–water partition coefficient (Wildman–Crippen LogP) is 7.99. The molecule has 1 aliphatic rings. The number of carbonyl (C=O) groups excluding carboxylic acids is 2. The van der Waals surface area contributed by atoms with Crippen molar-refractivity contribution >= 4 is 40.9 Å². The van der Waals surface area contributed by atoms with Crippen LogP contribution in [0.15, 0.2) is 85.1 Å². The lowest BCUT2D eigenvalue weighted by Gasteiger charge is -2.29. The number of amides is 2. The minimum absolute atomic E-state index is 0.0245. The lowest BCUT2D eigenvalue weighted by molar-refractivity contribution is -0.138. The zero-order valence-corrected chi connectivity index (χ0v) is 27.8. The van der Waals surface area contributed by atoms with Gasteiger partial charge in [-0.05, 0) is 85.0 Å². The predicted molar refractivity (Wildman–Crippen MR) is 186 cm³/mol. The molecule has 1 fully saturated rings. The molecule has 2 heterocycles. The minimum atomic E-state index is -4.49. The first-order valence-electron chi connectivity index (χ1n) is 15.9. The van der Waals surface area contributed by atoms with E-state index in [4.69, 9.17) is 5.11 Å². The Morgan fingerprint density at radius 2 is 1.67 bits per heavy atom. The Balaban J connectivity index is 1.39.